The standard InChI is InChI=1S/C13H13ClN2O3/c1-7-5-11(16(17)18)10(14)6-9(7)13-4-3-12(19-13)8(2)15/h3-6,8H,15H2,1-2H3. The normalized spacial score (nSPS) is 12.4. The molecule has 0 radical (unpaired) electrons. The van der Waals surface area contributed by atoms with Crippen LogP contribution in [0.4, 0.5) is 5.69 Å². The zero-order valence-electron chi connectivity index (χ0n) is 10.5. The van der Waals surface area contributed by atoms with Crippen LogP contribution in [-0.4, -0.2) is 4.92 Å². The summed E-state index contributed by atoms with van der Waals surface area (Å²) in [5.41, 5.74) is 7.07. The van der Waals surface area contributed by atoms with Crippen molar-refractivity contribution in [1.82, 2.24) is 0 Å². The third-order valence-corrected chi connectivity index (χ3v) is 3.13. The minimum Gasteiger partial charge on any atom is -0.459 e. The molecule has 1 heterocycles. The first-order chi connectivity index (χ1) is 8.90. The Morgan fingerprint density at radius 3 is 2.63 bits per heavy atom. The second-order valence-corrected chi connectivity index (χ2v) is 4.77. The molecule has 1 aromatic heterocycles. The highest BCUT2D eigenvalue weighted by Gasteiger charge is 2.17. The number of aryl methyl sites for hydroxylation is 1. The summed E-state index contributed by atoms with van der Waals surface area (Å²) in [4.78, 5) is 10.3. The molecule has 0 spiro atoms. The van der Waals surface area contributed by atoms with Gasteiger partial charge in [-0.1, -0.05) is 11.6 Å². The van der Waals surface area contributed by atoms with Crippen molar-refractivity contribution < 1.29 is 9.34 Å². The first-order valence-corrected chi connectivity index (χ1v) is 6.08. The minimum atomic E-state index is -0.505. The van der Waals surface area contributed by atoms with Gasteiger partial charge in [0, 0.05) is 11.6 Å². The van der Waals surface area contributed by atoms with E-state index in [0.717, 1.165) is 11.1 Å². The number of hydrogen-bond donors (Lipinski definition) is 1. The highest BCUT2D eigenvalue weighted by atomic mass is 35.5. The van der Waals surface area contributed by atoms with Crippen LogP contribution in [0.1, 0.15) is 24.3 Å². The molecule has 5 nitrogen and oxygen atoms in total. The molecule has 0 amide bonds. The van der Waals surface area contributed by atoms with Crippen molar-refractivity contribution in [2.75, 3.05) is 0 Å². The Morgan fingerprint density at radius 2 is 2.11 bits per heavy atom. The highest BCUT2D eigenvalue weighted by molar-refractivity contribution is 6.33. The van der Waals surface area contributed by atoms with Crippen molar-refractivity contribution in [3.05, 3.63) is 50.7 Å². The van der Waals surface area contributed by atoms with Gasteiger partial charge in [-0.05, 0) is 37.6 Å². The van der Waals surface area contributed by atoms with Crippen LogP contribution in [-0.2, 0) is 0 Å². The van der Waals surface area contributed by atoms with Gasteiger partial charge in [0.2, 0.25) is 0 Å². The summed E-state index contributed by atoms with van der Waals surface area (Å²) in [6, 6.07) is 6.34. The topological polar surface area (TPSA) is 82.3 Å². The molecule has 1 aromatic carbocycles. The minimum absolute atomic E-state index is 0.0874. The van der Waals surface area contributed by atoms with E-state index < -0.39 is 4.92 Å². The highest BCUT2D eigenvalue weighted by Crippen LogP contribution is 2.34. The van der Waals surface area contributed by atoms with E-state index in [-0.39, 0.29) is 16.8 Å². The molecular weight excluding hydrogens is 268 g/mol. The van der Waals surface area contributed by atoms with Gasteiger partial charge in [0.1, 0.15) is 16.5 Å². The van der Waals surface area contributed by atoms with E-state index in [4.69, 9.17) is 21.8 Å². The summed E-state index contributed by atoms with van der Waals surface area (Å²) >= 11 is 5.91. The third-order valence-electron chi connectivity index (χ3n) is 2.83. The SMILES string of the molecule is Cc1cc([N+](=O)[O-])c(Cl)cc1-c1ccc(C(C)N)o1. The first-order valence-electron chi connectivity index (χ1n) is 5.70. The molecule has 0 fully saturated rings. The zero-order valence-corrected chi connectivity index (χ0v) is 11.3. The second-order valence-electron chi connectivity index (χ2n) is 4.37. The van der Waals surface area contributed by atoms with E-state index in [1.54, 1.807) is 25.1 Å². The predicted octanol–water partition coefficient (Wildman–Crippen LogP) is 3.84. The summed E-state index contributed by atoms with van der Waals surface area (Å²) in [5, 5.41) is 10.9. The lowest BCUT2D eigenvalue weighted by Crippen LogP contribution is -2.02. The number of nitrogens with zero attached hydrogens (tertiary/aromatic N) is 1. The van der Waals surface area contributed by atoms with Gasteiger partial charge in [-0.25, -0.2) is 0 Å². The summed E-state index contributed by atoms with van der Waals surface area (Å²) < 4.78 is 5.61. The fourth-order valence-corrected chi connectivity index (χ4v) is 2.05. The summed E-state index contributed by atoms with van der Waals surface area (Å²) in [6.45, 7) is 3.59. The molecule has 2 rings (SSSR count). The van der Waals surface area contributed by atoms with Crippen molar-refractivity contribution in [3.8, 4) is 11.3 Å². The lowest BCUT2D eigenvalue weighted by atomic mass is 10.1. The van der Waals surface area contributed by atoms with Gasteiger partial charge in [0.25, 0.3) is 5.69 Å². The first kappa shape index (κ1) is 13.6. The van der Waals surface area contributed by atoms with Crippen LogP contribution in [0, 0.1) is 17.0 Å². The number of nitro benzene ring substituents is 1. The van der Waals surface area contributed by atoms with Gasteiger partial charge in [0.15, 0.2) is 0 Å². The lowest BCUT2D eigenvalue weighted by molar-refractivity contribution is -0.384. The van der Waals surface area contributed by atoms with Gasteiger partial charge in [0.05, 0.1) is 11.0 Å². The van der Waals surface area contributed by atoms with E-state index in [1.807, 2.05) is 6.92 Å². The van der Waals surface area contributed by atoms with Crippen molar-refractivity contribution in [2.45, 2.75) is 19.9 Å². The van der Waals surface area contributed by atoms with Crippen molar-refractivity contribution in [3.63, 3.8) is 0 Å². The molecule has 2 aromatic rings. The largest absolute Gasteiger partial charge is 0.459 e. The Kier molecular flexibility index (Phi) is 3.59. The molecule has 6 heteroatoms. The van der Waals surface area contributed by atoms with E-state index in [2.05, 4.69) is 0 Å². The monoisotopic (exact) mass is 280 g/mol. The maximum absolute atomic E-state index is 10.8. The maximum atomic E-state index is 10.8. The Morgan fingerprint density at radius 1 is 1.42 bits per heavy atom. The summed E-state index contributed by atoms with van der Waals surface area (Å²) in [7, 11) is 0. The fraction of sp³-hybridized carbons (Fsp3) is 0.231. The maximum Gasteiger partial charge on any atom is 0.288 e. The molecule has 100 valence electrons. The Balaban J connectivity index is 2.50. The average Bonchev–Trinajstić information content (AvgIpc) is 2.80. The molecule has 2 N–H and O–H groups in total. The van der Waals surface area contributed by atoms with Crippen LogP contribution in [0.5, 0.6) is 0 Å². The van der Waals surface area contributed by atoms with E-state index >= 15 is 0 Å². The van der Waals surface area contributed by atoms with Crippen LogP contribution in [0.3, 0.4) is 0 Å². The number of benzene rings is 1. The van der Waals surface area contributed by atoms with Crippen LogP contribution in [0.2, 0.25) is 5.02 Å². The molecule has 0 saturated heterocycles. The number of rotatable bonds is 3. The molecule has 0 bridgehead atoms. The van der Waals surface area contributed by atoms with Crippen LogP contribution >= 0.6 is 11.6 Å². The molecule has 0 aliphatic carbocycles. The van der Waals surface area contributed by atoms with E-state index in [1.165, 1.54) is 6.07 Å². The molecule has 1 unspecified atom stereocenters. The summed E-state index contributed by atoms with van der Waals surface area (Å²) in [6.07, 6.45) is 0. The Bertz CT molecular complexity index is 635. The number of nitro groups is 1. The van der Waals surface area contributed by atoms with Gasteiger partial charge >= 0.3 is 0 Å². The number of hydrogen-bond acceptors (Lipinski definition) is 4. The average molecular weight is 281 g/mol. The molecule has 0 aliphatic heterocycles. The van der Waals surface area contributed by atoms with Crippen LogP contribution < -0.4 is 5.73 Å². The third kappa shape index (κ3) is 2.62. The molecule has 0 aliphatic rings. The predicted molar refractivity (Wildman–Crippen MR) is 73.1 cm³/mol. The fourth-order valence-electron chi connectivity index (χ4n) is 1.81. The molecule has 1 atom stereocenters. The number of nitrogens with two attached hydrogens (primary N) is 1. The van der Waals surface area contributed by atoms with E-state index in [9.17, 15) is 10.1 Å². The quantitative estimate of drug-likeness (QED) is 0.684. The molecule has 19 heavy (non-hydrogen) atoms. The molecular formula is C13H13ClN2O3. The zero-order chi connectivity index (χ0) is 14.2. The van der Waals surface area contributed by atoms with E-state index in [0.29, 0.717) is 11.5 Å². The number of furan rings is 1. The van der Waals surface area contributed by atoms with Crippen molar-refractivity contribution in [2.24, 2.45) is 5.73 Å². The van der Waals surface area contributed by atoms with Crippen molar-refractivity contribution in [1.29, 1.82) is 0 Å². The van der Waals surface area contributed by atoms with Crippen LogP contribution in [0.25, 0.3) is 11.3 Å². The van der Waals surface area contributed by atoms with Gasteiger partial charge in [-0.15, -0.1) is 0 Å². The summed E-state index contributed by atoms with van der Waals surface area (Å²) in [5.74, 6) is 1.26. The van der Waals surface area contributed by atoms with Gasteiger partial charge in [-0.2, -0.15) is 0 Å². The molecule has 0 saturated carbocycles. The number of halogens is 1. The van der Waals surface area contributed by atoms with Gasteiger partial charge in [-0.3, -0.25) is 10.1 Å². The smallest absolute Gasteiger partial charge is 0.288 e. The van der Waals surface area contributed by atoms with Crippen molar-refractivity contribution >= 4 is 17.3 Å². The lowest BCUT2D eigenvalue weighted by Gasteiger charge is -2.05. The van der Waals surface area contributed by atoms with Gasteiger partial charge < -0.3 is 10.2 Å². The Hall–Kier alpha value is -1.85. The van der Waals surface area contributed by atoms with Crippen LogP contribution in [0.15, 0.2) is 28.7 Å². The Labute approximate surface area is 115 Å². The second kappa shape index (κ2) is 5.03.